The number of nitrogens with zero attached hydrogens (tertiary/aromatic N) is 2. The second kappa shape index (κ2) is 3.77. The van der Waals surface area contributed by atoms with Crippen LogP contribution in [0.4, 0.5) is 5.69 Å². The van der Waals surface area contributed by atoms with Gasteiger partial charge in [0, 0.05) is 31.9 Å². The highest BCUT2D eigenvalue weighted by atomic mass is 16.5. The molecule has 13 heavy (non-hydrogen) atoms. The summed E-state index contributed by atoms with van der Waals surface area (Å²) < 4.78 is 0. The lowest BCUT2D eigenvalue weighted by atomic mass is 10.2. The molecule has 1 aromatic rings. The topological polar surface area (TPSA) is 26.7 Å². The Kier molecular flexibility index (Phi) is 2.47. The Labute approximate surface area is 78.2 Å². The highest BCUT2D eigenvalue weighted by Gasteiger charge is 2.14. The van der Waals surface area contributed by atoms with Crippen LogP contribution in [-0.4, -0.2) is 36.4 Å². The summed E-state index contributed by atoms with van der Waals surface area (Å²) in [4.78, 5) is 2.26. The molecule has 1 fully saturated rings. The van der Waals surface area contributed by atoms with Gasteiger partial charge in [-0.2, -0.15) is 5.06 Å². The zero-order chi connectivity index (χ0) is 9.10. The number of piperazine rings is 1. The Hall–Kier alpha value is -1.06. The SMILES string of the molecule is ON1CCN(c2cc[c]cc2)CC1. The summed E-state index contributed by atoms with van der Waals surface area (Å²) in [5.41, 5.74) is 1.21. The average molecular weight is 177 g/mol. The van der Waals surface area contributed by atoms with Crippen molar-refractivity contribution in [1.82, 2.24) is 5.06 Å². The standard InChI is InChI=1S/C10H13N2O/c13-12-8-6-11(7-9-12)10-4-2-1-3-5-10/h2-5,13H,6-9H2. The molecule has 1 heterocycles. The smallest absolute Gasteiger partial charge is 0.0414 e. The van der Waals surface area contributed by atoms with Gasteiger partial charge in [-0.1, -0.05) is 12.1 Å². The van der Waals surface area contributed by atoms with Crippen LogP contribution < -0.4 is 4.90 Å². The van der Waals surface area contributed by atoms with Crippen molar-refractivity contribution in [3.8, 4) is 0 Å². The summed E-state index contributed by atoms with van der Waals surface area (Å²) in [6.45, 7) is 3.22. The van der Waals surface area contributed by atoms with E-state index in [1.807, 2.05) is 24.3 Å². The summed E-state index contributed by atoms with van der Waals surface area (Å²) in [7, 11) is 0. The number of hydrogen-bond acceptors (Lipinski definition) is 3. The van der Waals surface area contributed by atoms with Gasteiger partial charge in [0.05, 0.1) is 0 Å². The lowest BCUT2D eigenvalue weighted by Gasteiger charge is -2.32. The van der Waals surface area contributed by atoms with Gasteiger partial charge >= 0.3 is 0 Å². The predicted molar refractivity (Wildman–Crippen MR) is 50.9 cm³/mol. The molecular formula is C10H13N2O. The molecule has 69 valence electrons. The number of anilines is 1. The Morgan fingerprint density at radius 1 is 1.08 bits per heavy atom. The van der Waals surface area contributed by atoms with Crippen molar-refractivity contribution in [2.45, 2.75) is 0 Å². The lowest BCUT2D eigenvalue weighted by Crippen LogP contribution is -2.44. The van der Waals surface area contributed by atoms with Crippen LogP contribution in [0.25, 0.3) is 0 Å². The lowest BCUT2D eigenvalue weighted by molar-refractivity contribution is -0.0935. The number of benzene rings is 1. The van der Waals surface area contributed by atoms with E-state index in [1.165, 1.54) is 10.8 Å². The minimum Gasteiger partial charge on any atom is -0.369 e. The fourth-order valence-electron chi connectivity index (χ4n) is 1.54. The number of hydrogen-bond donors (Lipinski definition) is 1. The van der Waals surface area contributed by atoms with Gasteiger partial charge in [-0.05, 0) is 18.2 Å². The fraction of sp³-hybridized carbons (Fsp3) is 0.400. The first-order valence-electron chi connectivity index (χ1n) is 4.51. The van der Waals surface area contributed by atoms with Crippen LogP contribution >= 0.6 is 0 Å². The fourth-order valence-corrected chi connectivity index (χ4v) is 1.54. The van der Waals surface area contributed by atoms with Crippen LogP contribution in [0.3, 0.4) is 0 Å². The maximum atomic E-state index is 9.17. The molecule has 1 radical (unpaired) electrons. The normalized spacial score (nSPS) is 19.0. The van der Waals surface area contributed by atoms with Gasteiger partial charge in [-0.15, -0.1) is 0 Å². The minimum absolute atomic E-state index is 0.721. The molecule has 0 aromatic heterocycles. The van der Waals surface area contributed by atoms with Crippen LogP contribution in [0.1, 0.15) is 0 Å². The minimum atomic E-state index is 0.721. The van der Waals surface area contributed by atoms with Crippen molar-refractivity contribution < 1.29 is 5.21 Å². The zero-order valence-corrected chi connectivity index (χ0v) is 7.48. The predicted octanol–water partition coefficient (Wildman–Crippen LogP) is 0.998. The number of hydroxylamine groups is 2. The van der Waals surface area contributed by atoms with Gasteiger partial charge in [-0.25, -0.2) is 0 Å². The highest BCUT2D eigenvalue weighted by Crippen LogP contribution is 2.14. The monoisotopic (exact) mass is 177 g/mol. The van der Waals surface area contributed by atoms with Crippen LogP contribution in [0.5, 0.6) is 0 Å². The van der Waals surface area contributed by atoms with Gasteiger partial charge in [-0.3, -0.25) is 0 Å². The molecule has 1 aromatic carbocycles. The largest absolute Gasteiger partial charge is 0.369 e. The molecule has 0 amide bonds. The molecule has 3 heteroatoms. The zero-order valence-electron chi connectivity index (χ0n) is 7.48. The van der Waals surface area contributed by atoms with E-state index in [-0.39, 0.29) is 0 Å². The van der Waals surface area contributed by atoms with Gasteiger partial charge in [0.25, 0.3) is 0 Å². The molecule has 0 bridgehead atoms. The summed E-state index contributed by atoms with van der Waals surface area (Å²) >= 11 is 0. The van der Waals surface area contributed by atoms with Crippen molar-refractivity contribution in [3.63, 3.8) is 0 Å². The van der Waals surface area contributed by atoms with Crippen molar-refractivity contribution >= 4 is 5.69 Å². The van der Waals surface area contributed by atoms with E-state index >= 15 is 0 Å². The first-order chi connectivity index (χ1) is 6.36. The van der Waals surface area contributed by atoms with Crippen molar-refractivity contribution in [2.24, 2.45) is 0 Å². The Morgan fingerprint density at radius 2 is 1.69 bits per heavy atom. The van der Waals surface area contributed by atoms with E-state index in [0.717, 1.165) is 26.2 Å². The molecule has 1 N–H and O–H groups in total. The Balaban J connectivity index is 2.03. The molecule has 0 spiro atoms. The van der Waals surface area contributed by atoms with Crippen LogP contribution in [0, 0.1) is 6.07 Å². The highest BCUT2D eigenvalue weighted by molar-refractivity contribution is 5.46. The summed E-state index contributed by atoms with van der Waals surface area (Å²) in [5, 5.41) is 10.5. The van der Waals surface area contributed by atoms with E-state index in [2.05, 4.69) is 11.0 Å². The third kappa shape index (κ3) is 1.99. The third-order valence-electron chi connectivity index (χ3n) is 2.32. The maximum Gasteiger partial charge on any atom is 0.0414 e. The van der Waals surface area contributed by atoms with Gasteiger partial charge < -0.3 is 10.1 Å². The number of rotatable bonds is 1. The first kappa shape index (κ1) is 8.53. The van der Waals surface area contributed by atoms with Crippen molar-refractivity contribution in [2.75, 3.05) is 31.1 Å². The quantitative estimate of drug-likeness (QED) is 0.693. The summed E-state index contributed by atoms with van der Waals surface area (Å²) in [6, 6.07) is 10.9. The Morgan fingerprint density at radius 3 is 2.31 bits per heavy atom. The molecule has 0 saturated carbocycles. The van der Waals surface area contributed by atoms with Crippen molar-refractivity contribution in [3.05, 3.63) is 30.3 Å². The second-order valence-electron chi connectivity index (χ2n) is 3.20. The molecule has 0 aliphatic carbocycles. The molecule has 1 aliphatic rings. The molecule has 1 aliphatic heterocycles. The molecule has 3 nitrogen and oxygen atoms in total. The molecule has 0 unspecified atom stereocenters. The van der Waals surface area contributed by atoms with Crippen LogP contribution in [0.2, 0.25) is 0 Å². The third-order valence-corrected chi connectivity index (χ3v) is 2.32. The van der Waals surface area contributed by atoms with E-state index in [4.69, 9.17) is 0 Å². The maximum absolute atomic E-state index is 9.17. The van der Waals surface area contributed by atoms with Gasteiger partial charge in [0.15, 0.2) is 0 Å². The van der Waals surface area contributed by atoms with Crippen LogP contribution in [-0.2, 0) is 0 Å². The first-order valence-corrected chi connectivity index (χ1v) is 4.51. The summed E-state index contributed by atoms with van der Waals surface area (Å²) in [6.07, 6.45) is 0. The van der Waals surface area contributed by atoms with E-state index in [9.17, 15) is 5.21 Å². The van der Waals surface area contributed by atoms with Crippen molar-refractivity contribution in [1.29, 1.82) is 0 Å². The second-order valence-corrected chi connectivity index (χ2v) is 3.20. The average Bonchev–Trinajstić information content (AvgIpc) is 2.20. The molecular weight excluding hydrogens is 164 g/mol. The van der Waals surface area contributed by atoms with E-state index in [0.29, 0.717) is 0 Å². The van der Waals surface area contributed by atoms with Gasteiger partial charge in [0.2, 0.25) is 0 Å². The van der Waals surface area contributed by atoms with E-state index in [1.54, 1.807) is 0 Å². The molecule has 0 atom stereocenters. The molecule has 1 saturated heterocycles. The van der Waals surface area contributed by atoms with E-state index < -0.39 is 0 Å². The molecule has 2 rings (SSSR count). The summed E-state index contributed by atoms with van der Waals surface area (Å²) in [5.74, 6) is 0. The van der Waals surface area contributed by atoms with Crippen LogP contribution in [0.15, 0.2) is 24.3 Å². The van der Waals surface area contributed by atoms with Gasteiger partial charge in [0.1, 0.15) is 0 Å². The Bertz CT molecular complexity index is 255.